The van der Waals surface area contributed by atoms with Gasteiger partial charge >= 0.3 is 0 Å². The summed E-state index contributed by atoms with van der Waals surface area (Å²) in [6.45, 7) is 1.94. The molecule has 0 spiro atoms. The summed E-state index contributed by atoms with van der Waals surface area (Å²) < 4.78 is 0. The van der Waals surface area contributed by atoms with Gasteiger partial charge in [-0.2, -0.15) is 0 Å². The van der Waals surface area contributed by atoms with E-state index in [9.17, 15) is 4.79 Å². The first kappa shape index (κ1) is 11.3. The quantitative estimate of drug-likeness (QED) is 0.597. The Balaban J connectivity index is 2.10. The molecule has 2 nitrogen and oxygen atoms in total. The average molecular weight is 233 g/mol. The smallest absolute Gasteiger partial charge is 0.251 e. The van der Waals surface area contributed by atoms with Crippen molar-refractivity contribution in [2.75, 3.05) is 0 Å². The van der Waals surface area contributed by atoms with E-state index in [2.05, 4.69) is 30.1 Å². The second-order valence-corrected chi connectivity index (χ2v) is 4.63. The molecule has 16 heavy (non-hydrogen) atoms. The standard InChI is InChI=1S/C13H15NOS/c1-9-6-7-11(16)8-12(9)13(15)14-10-4-2-3-5-10/h2-3,6-8,10,16H,4-5H2,1H3,(H,14,15). The largest absolute Gasteiger partial charge is 0.349 e. The molecular formula is C13H15NOS. The summed E-state index contributed by atoms with van der Waals surface area (Å²) in [6.07, 6.45) is 6.08. The van der Waals surface area contributed by atoms with Crippen LogP contribution < -0.4 is 5.32 Å². The highest BCUT2D eigenvalue weighted by Crippen LogP contribution is 2.15. The summed E-state index contributed by atoms with van der Waals surface area (Å²) in [6, 6.07) is 5.89. The van der Waals surface area contributed by atoms with Gasteiger partial charge in [0.15, 0.2) is 0 Å². The van der Waals surface area contributed by atoms with Gasteiger partial charge in [0.25, 0.3) is 5.91 Å². The minimum absolute atomic E-state index is 0.00194. The van der Waals surface area contributed by atoms with Gasteiger partial charge in [0.1, 0.15) is 0 Å². The lowest BCUT2D eigenvalue weighted by Crippen LogP contribution is -2.33. The summed E-state index contributed by atoms with van der Waals surface area (Å²) in [5.74, 6) is 0.00194. The van der Waals surface area contributed by atoms with E-state index in [0.29, 0.717) is 0 Å². The van der Waals surface area contributed by atoms with Gasteiger partial charge in [-0.05, 0) is 37.5 Å². The third-order valence-electron chi connectivity index (χ3n) is 2.81. The van der Waals surface area contributed by atoms with Crippen LogP contribution in [-0.2, 0) is 0 Å². The average Bonchev–Trinajstić information content (AvgIpc) is 2.74. The lowest BCUT2D eigenvalue weighted by Gasteiger charge is -2.13. The zero-order valence-electron chi connectivity index (χ0n) is 9.23. The van der Waals surface area contributed by atoms with E-state index in [1.807, 2.05) is 25.1 Å². The Morgan fingerprint density at radius 3 is 2.75 bits per heavy atom. The third kappa shape index (κ3) is 2.47. The van der Waals surface area contributed by atoms with E-state index < -0.39 is 0 Å². The number of rotatable bonds is 2. The first-order valence-electron chi connectivity index (χ1n) is 5.42. The topological polar surface area (TPSA) is 29.1 Å². The van der Waals surface area contributed by atoms with Crippen LogP contribution in [0.15, 0.2) is 35.2 Å². The second kappa shape index (κ2) is 4.74. The molecule has 0 atom stereocenters. The molecule has 2 rings (SSSR count). The van der Waals surface area contributed by atoms with Crippen LogP contribution in [-0.4, -0.2) is 11.9 Å². The molecule has 0 saturated heterocycles. The molecular weight excluding hydrogens is 218 g/mol. The Labute approximate surface area is 101 Å². The molecule has 1 N–H and O–H groups in total. The zero-order chi connectivity index (χ0) is 11.5. The van der Waals surface area contributed by atoms with Gasteiger partial charge < -0.3 is 5.32 Å². The molecule has 0 aromatic heterocycles. The van der Waals surface area contributed by atoms with Crippen molar-refractivity contribution in [1.82, 2.24) is 5.32 Å². The van der Waals surface area contributed by atoms with E-state index >= 15 is 0 Å². The van der Waals surface area contributed by atoms with Crippen molar-refractivity contribution in [2.45, 2.75) is 30.7 Å². The number of carbonyl (C=O) groups excluding carboxylic acids is 1. The third-order valence-corrected chi connectivity index (χ3v) is 3.09. The Morgan fingerprint density at radius 1 is 1.38 bits per heavy atom. The van der Waals surface area contributed by atoms with Crippen molar-refractivity contribution < 1.29 is 4.79 Å². The number of carbonyl (C=O) groups is 1. The van der Waals surface area contributed by atoms with Crippen LogP contribution in [0, 0.1) is 6.92 Å². The van der Waals surface area contributed by atoms with Crippen LogP contribution in [0.2, 0.25) is 0 Å². The predicted octanol–water partition coefficient (Wildman–Crippen LogP) is 2.73. The van der Waals surface area contributed by atoms with Crippen LogP contribution >= 0.6 is 12.6 Å². The maximum atomic E-state index is 12.0. The first-order chi connectivity index (χ1) is 7.66. The van der Waals surface area contributed by atoms with E-state index in [4.69, 9.17) is 0 Å². The van der Waals surface area contributed by atoms with E-state index in [0.717, 1.165) is 28.9 Å². The molecule has 84 valence electrons. The molecule has 0 saturated carbocycles. The second-order valence-electron chi connectivity index (χ2n) is 4.11. The molecule has 1 amide bonds. The number of amides is 1. The van der Waals surface area contributed by atoms with Crippen LogP contribution in [0.25, 0.3) is 0 Å². The summed E-state index contributed by atoms with van der Waals surface area (Å²) in [7, 11) is 0. The molecule has 1 aliphatic carbocycles. The Bertz CT molecular complexity index is 432. The highest BCUT2D eigenvalue weighted by atomic mass is 32.1. The number of hydrogen-bond acceptors (Lipinski definition) is 2. The Morgan fingerprint density at radius 2 is 2.06 bits per heavy atom. The molecule has 3 heteroatoms. The molecule has 1 aliphatic rings. The lowest BCUT2D eigenvalue weighted by molar-refractivity contribution is 0.0938. The summed E-state index contributed by atoms with van der Waals surface area (Å²) in [5, 5.41) is 3.03. The van der Waals surface area contributed by atoms with Gasteiger partial charge in [0, 0.05) is 16.5 Å². The van der Waals surface area contributed by atoms with Crippen molar-refractivity contribution in [3.63, 3.8) is 0 Å². The maximum Gasteiger partial charge on any atom is 0.251 e. The molecule has 0 heterocycles. The molecule has 0 radical (unpaired) electrons. The molecule has 0 aliphatic heterocycles. The summed E-state index contributed by atoms with van der Waals surface area (Å²) >= 11 is 4.25. The maximum absolute atomic E-state index is 12.0. The van der Waals surface area contributed by atoms with Gasteiger partial charge in [-0.1, -0.05) is 18.2 Å². The Kier molecular flexibility index (Phi) is 3.34. The SMILES string of the molecule is Cc1ccc(S)cc1C(=O)NC1CC=CC1. The highest BCUT2D eigenvalue weighted by Gasteiger charge is 2.15. The normalized spacial score (nSPS) is 15.4. The number of nitrogens with one attached hydrogen (secondary N) is 1. The fourth-order valence-electron chi connectivity index (χ4n) is 1.85. The van der Waals surface area contributed by atoms with Crippen LogP contribution in [0.4, 0.5) is 0 Å². The monoisotopic (exact) mass is 233 g/mol. The molecule has 0 fully saturated rings. The van der Waals surface area contributed by atoms with Gasteiger partial charge in [0.05, 0.1) is 0 Å². The molecule has 1 aromatic carbocycles. The van der Waals surface area contributed by atoms with Crippen LogP contribution in [0.1, 0.15) is 28.8 Å². The minimum Gasteiger partial charge on any atom is -0.349 e. The van der Waals surface area contributed by atoms with Crippen molar-refractivity contribution in [2.24, 2.45) is 0 Å². The minimum atomic E-state index is 0.00194. The highest BCUT2D eigenvalue weighted by molar-refractivity contribution is 7.80. The van der Waals surface area contributed by atoms with Gasteiger partial charge in [-0.25, -0.2) is 0 Å². The van der Waals surface area contributed by atoms with Gasteiger partial charge in [-0.15, -0.1) is 12.6 Å². The van der Waals surface area contributed by atoms with Crippen LogP contribution in [0.5, 0.6) is 0 Å². The Hall–Kier alpha value is -1.22. The fourth-order valence-corrected chi connectivity index (χ4v) is 2.06. The number of aryl methyl sites for hydroxylation is 1. The van der Waals surface area contributed by atoms with E-state index in [1.165, 1.54) is 0 Å². The molecule has 0 unspecified atom stereocenters. The molecule has 0 bridgehead atoms. The number of thiol groups is 1. The van der Waals surface area contributed by atoms with Crippen molar-refractivity contribution in [3.8, 4) is 0 Å². The van der Waals surface area contributed by atoms with Crippen LogP contribution in [0.3, 0.4) is 0 Å². The van der Waals surface area contributed by atoms with Crippen molar-refractivity contribution >= 4 is 18.5 Å². The van der Waals surface area contributed by atoms with Crippen molar-refractivity contribution in [3.05, 3.63) is 41.5 Å². The first-order valence-corrected chi connectivity index (χ1v) is 5.87. The van der Waals surface area contributed by atoms with E-state index in [1.54, 1.807) is 0 Å². The van der Waals surface area contributed by atoms with Gasteiger partial charge in [0.2, 0.25) is 0 Å². The van der Waals surface area contributed by atoms with Gasteiger partial charge in [-0.3, -0.25) is 4.79 Å². The zero-order valence-corrected chi connectivity index (χ0v) is 10.1. The number of benzene rings is 1. The van der Waals surface area contributed by atoms with Crippen molar-refractivity contribution in [1.29, 1.82) is 0 Å². The fraction of sp³-hybridized carbons (Fsp3) is 0.308. The predicted molar refractivity (Wildman–Crippen MR) is 68.1 cm³/mol. The lowest BCUT2D eigenvalue weighted by atomic mass is 10.1. The summed E-state index contributed by atoms with van der Waals surface area (Å²) in [4.78, 5) is 12.8. The summed E-state index contributed by atoms with van der Waals surface area (Å²) in [5.41, 5.74) is 1.71. The number of hydrogen-bond donors (Lipinski definition) is 2. The van der Waals surface area contributed by atoms with E-state index in [-0.39, 0.29) is 11.9 Å². The molecule has 1 aromatic rings.